The Morgan fingerprint density at radius 1 is 1.26 bits per heavy atom. The molecule has 1 saturated carbocycles. The van der Waals surface area contributed by atoms with E-state index in [1.54, 1.807) is 24.4 Å². The summed E-state index contributed by atoms with van der Waals surface area (Å²) in [6, 6.07) is 6.63. The van der Waals surface area contributed by atoms with Gasteiger partial charge in [-0.3, -0.25) is 9.71 Å². The zero-order valence-electron chi connectivity index (χ0n) is 19.3. The summed E-state index contributed by atoms with van der Waals surface area (Å²) >= 11 is 1.69. The lowest BCUT2D eigenvalue weighted by molar-refractivity contribution is 0.434. The molecule has 1 fully saturated rings. The molecule has 1 heterocycles. The summed E-state index contributed by atoms with van der Waals surface area (Å²) in [7, 11) is 0. The van der Waals surface area contributed by atoms with Crippen molar-refractivity contribution >= 4 is 23.2 Å². The van der Waals surface area contributed by atoms with E-state index in [0.717, 1.165) is 18.9 Å². The molecular formula is C26H37N3OS. The van der Waals surface area contributed by atoms with Crippen LogP contribution in [0.1, 0.15) is 89.2 Å². The van der Waals surface area contributed by atoms with Crippen molar-refractivity contribution in [1.82, 2.24) is 9.71 Å². The quantitative estimate of drug-likeness (QED) is 0.292. The summed E-state index contributed by atoms with van der Waals surface area (Å²) in [6.07, 6.45) is 16.5. The molecule has 168 valence electrons. The molecule has 1 aliphatic carbocycles. The molecule has 31 heavy (non-hydrogen) atoms. The Morgan fingerprint density at radius 2 is 2.10 bits per heavy atom. The predicted molar refractivity (Wildman–Crippen MR) is 132 cm³/mol. The smallest absolute Gasteiger partial charge is 0.198 e. The third-order valence-electron chi connectivity index (χ3n) is 5.92. The zero-order chi connectivity index (χ0) is 21.9. The molecule has 0 atom stereocenters. The minimum Gasteiger partial charge on any atom is -0.449 e. The van der Waals surface area contributed by atoms with E-state index in [0.29, 0.717) is 12.3 Å². The Kier molecular flexibility index (Phi) is 9.88. The number of oxazole rings is 1. The van der Waals surface area contributed by atoms with E-state index in [1.807, 2.05) is 0 Å². The van der Waals surface area contributed by atoms with Crippen LogP contribution in [-0.2, 0) is 6.42 Å². The first kappa shape index (κ1) is 23.8. The van der Waals surface area contributed by atoms with Crippen molar-refractivity contribution in [3.8, 4) is 0 Å². The van der Waals surface area contributed by atoms with Crippen LogP contribution in [0.5, 0.6) is 0 Å². The Labute approximate surface area is 192 Å². The van der Waals surface area contributed by atoms with Gasteiger partial charge in [0.25, 0.3) is 0 Å². The molecule has 0 radical (unpaired) electrons. The van der Waals surface area contributed by atoms with Crippen LogP contribution in [0.3, 0.4) is 0 Å². The molecule has 0 bridgehead atoms. The van der Waals surface area contributed by atoms with Crippen LogP contribution < -0.4 is 4.72 Å². The van der Waals surface area contributed by atoms with E-state index in [2.05, 4.69) is 54.9 Å². The highest BCUT2D eigenvalue weighted by Crippen LogP contribution is 2.30. The number of unbranched alkanes of at least 4 members (excludes halogenated alkanes) is 1. The standard InChI is InChI=1S/C26H37N3OS/c1-4-6-12-24(22-10-8-7-9-11-22)28-19-20(3)23-14-13-21(17-25(23)31-29-5-2)18-26-27-15-16-30-26/h13-17,19,22,29H,4-12,18H2,1-3H3/b20-19+,28-24?. The SMILES string of the molecule is CCCCC(=N/C=C(\C)c1ccc(Cc2ncco2)cc1SNCC)C1CCCCC1. The predicted octanol–water partition coefficient (Wildman–Crippen LogP) is 7.45. The Hall–Kier alpha value is -1.85. The normalized spacial score (nSPS) is 16.1. The third-order valence-corrected chi connectivity index (χ3v) is 6.91. The summed E-state index contributed by atoms with van der Waals surface area (Å²) in [4.78, 5) is 10.6. The first-order valence-electron chi connectivity index (χ1n) is 11.9. The minimum atomic E-state index is 0.683. The summed E-state index contributed by atoms with van der Waals surface area (Å²) in [5, 5.41) is 0. The molecule has 2 aromatic rings. The Morgan fingerprint density at radius 3 is 2.81 bits per heavy atom. The summed E-state index contributed by atoms with van der Waals surface area (Å²) in [6.45, 7) is 7.49. The highest BCUT2D eigenvalue weighted by Gasteiger charge is 2.18. The highest BCUT2D eigenvalue weighted by atomic mass is 32.2. The van der Waals surface area contributed by atoms with Crippen molar-refractivity contribution in [2.24, 2.45) is 10.9 Å². The fraction of sp³-hybridized carbons (Fsp3) is 0.538. The summed E-state index contributed by atoms with van der Waals surface area (Å²) in [5.41, 5.74) is 5.08. The summed E-state index contributed by atoms with van der Waals surface area (Å²) in [5.74, 6) is 1.43. The van der Waals surface area contributed by atoms with Crippen molar-refractivity contribution in [3.05, 3.63) is 53.9 Å². The van der Waals surface area contributed by atoms with E-state index < -0.39 is 0 Å². The van der Waals surface area contributed by atoms with Crippen LogP contribution in [0.15, 0.2) is 51.2 Å². The van der Waals surface area contributed by atoms with Gasteiger partial charge in [0.2, 0.25) is 0 Å². The van der Waals surface area contributed by atoms with Gasteiger partial charge in [-0.1, -0.05) is 51.7 Å². The topological polar surface area (TPSA) is 50.4 Å². The molecule has 0 amide bonds. The first-order valence-corrected chi connectivity index (χ1v) is 12.7. The second-order valence-electron chi connectivity index (χ2n) is 8.40. The second kappa shape index (κ2) is 12.9. The van der Waals surface area contributed by atoms with E-state index in [4.69, 9.17) is 9.41 Å². The fourth-order valence-electron chi connectivity index (χ4n) is 4.17. The number of nitrogens with one attached hydrogen (secondary N) is 1. The molecule has 3 rings (SSSR count). The molecule has 4 nitrogen and oxygen atoms in total. The lowest BCUT2D eigenvalue weighted by Crippen LogP contribution is -2.17. The maximum Gasteiger partial charge on any atom is 0.198 e. The zero-order valence-corrected chi connectivity index (χ0v) is 20.1. The maximum atomic E-state index is 5.43. The Bertz CT molecular complexity index is 852. The van der Waals surface area contributed by atoms with Crippen LogP contribution >= 0.6 is 11.9 Å². The molecule has 0 spiro atoms. The number of allylic oxidation sites excluding steroid dienone is 1. The molecule has 1 aromatic carbocycles. The van der Waals surface area contributed by atoms with E-state index in [1.165, 1.54) is 72.3 Å². The van der Waals surface area contributed by atoms with Crippen molar-refractivity contribution in [2.45, 2.75) is 83.5 Å². The van der Waals surface area contributed by atoms with Gasteiger partial charge < -0.3 is 4.42 Å². The lowest BCUT2D eigenvalue weighted by Gasteiger charge is -2.23. The van der Waals surface area contributed by atoms with Crippen LogP contribution in [0.25, 0.3) is 5.57 Å². The molecule has 0 saturated heterocycles. The molecular weight excluding hydrogens is 402 g/mol. The van der Waals surface area contributed by atoms with Crippen molar-refractivity contribution in [1.29, 1.82) is 0 Å². The highest BCUT2D eigenvalue weighted by molar-refractivity contribution is 7.97. The monoisotopic (exact) mass is 439 g/mol. The minimum absolute atomic E-state index is 0.683. The van der Waals surface area contributed by atoms with Crippen molar-refractivity contribution in [2.75, 3.05) is 6.54 Å². The van der Waals surface area contributed by atoms with Crippen LogP contribution in [0, 0.1) is 5.92 Å². The van der Waals surface area contributed by atoms with Gasteiger partial charge in [0, 0.05) is 29.8 Å². The van der Waals surface area contributed by atoms with E-state index in [-0.39, 0.29) is 0 Å². The van der Waals surface area contributed by atoms with Gasteiger partial charge in [-0.2, -0.15) is 0 Å². The Balaban J connectivity index is 1.83. The number of nitrogens with zero attached hydrogens (tertiary/aromatic N) is 2. The largest absolute Gasteiger partial charge is 0.449 e. The molecule has 0 aliphatic heterocycles. The van der Waals surface area contributed by atoms with Crippen LogP contribution in [-0.4, -0.2) is 17.2 Å². The van der Waals surface area contributed by atoms with E-state index in [9.17, 15) is 0 Å². The number of hydrogen-bond donors (Lipinski definition) is 1. The van der Waals surface area contributed by atoms with Gasteiger partial charge in [0.05, 0.1) is 6.20 Å². The van der Waals surface area contributed by atoms with Gasteiger partial charge >= 0.3 is 0 Å². The van der Waals surface area contributed by atoms with Gasteiger partial charge in [-0.15, -0.1) is 0 Å². The fourth-order valence-corrected chi connectivity index (χ4v) is 5.02. The number of hydrogen-bond acceptors (Lipinski definition) is 5. The average Bonchev–Trinajstić information content (AvgIpc) is 3.31. The number of aromatic nitrogens is 1. The lowest BCUT2D eigenvalue weighted by atomic mass is 9.84. The second-order valence-corrected chi connectivity index (χ2v) is 9.34. The number of aliphatic imine (C=N–C) groups is 1. The molecule has 1 aromatic heterocycles. The maximum absolute atomic E-state index is 5.43. The van der Waals surface area contributed by atoms with Crippen molar-refractivity contribution in [3.63, 3.8) is 0 Å². The van der Waals surface area contributed by atoms with Gasteiger partial charge in [-0.05, 0) is 73.2 Å². The van der Waals surface area contributed by atoms with Crippen molar-refractivity contribution < 1.29 is 4.42 Å². The first-order chi connectivity index (χ1) is 15.2. The van der Waals surface area contributed by atoms with Crippen LogP contribution in [0.4, 0.5) is 0 Å². The van der Waals surface area contributed by atoms with Crippen LogP contribution in [0.2, 0.25) is 0 Å². The number of benzene rings is 1. The average molecular weight is 440 g/mol. The third kappa shape index (κ3) is 7.36. The van der Waals surface area contributed by atoms with E-state index >= 15 is 0 Å². The molecule has 1 aliphatic rings. The molecule has 1 N–H and O–H groups in total. The van der Waals surface area contributed by atoms with Gasteiger partial charge in [0.15, 0.2) is 5.89 Å². The molecule has 5 heteroatoms. The van der Waals surface area contributed by atoms with Gasteiger partial charge in [0.1, 0.15) is 6.26 Å². The summed E-state index contributed by atoms with van der Waals surface area (Å²) < 4.78 is 8.83. The molecule has 0 unspecified atom stereocenters. The van der Waals surface area contributed by atoms with Gasteiger partial charge in [-0.25, -0.2) is 4.98 Å². The number of rotatable bonds is 11.